The number of benzene rings is 1. The number of rotatable bonds is 6. The van der Waals surface area contributed by atoms with Crippen LogP contribution >= 0.6 is 11.8 Å². The maximum atomic E-state index is 12.7. The van der Waals surface area contributed by atoms with Crippen LogP contribution in [0.5, 0.6) is 0 Å². The molecule has 2 aromatic rings. The van der Waals surface area contributed by atoms with Crippen molar-refractivity contribution in [3.8, 4) is 0 Å². The minimum atomic E-state index is -4.38. The van der Waals surface area contributed by atoms with Gasteiger partial charge in [-0.1, -0.05) is 19.3 Å². The van der Waals surface area contributed by atoms with Crippen LogP contribution in [0.4, 0.5) is 11.4 Å². The third kappa shape index (κ3) is 5.07. The number of anilines is 1. The Balaban J connectivity index is 1.96. The predicted molar refractivity (Wildman–Crippen MR) is 109 cm³/mol. The second kappa shape index (κ2) is 8.41. The van der Waals surface area contributed by atoms with Gasteiger partial charge in [0.2, 0.25) is 0 Å². The van der Waals surface area contributed by atoms with E-state index in [0.717, 1.165) is 31.7 Å². The third-order valence-corrected chi connectivity index (χ3v) is 7.40. The summed E-state index contributed by atoms with van der Waals surface area (Å²) in [5.41, 5.74) is -2.31. The van der Waals surface area contributed by atoms with E-state index in [0.29, 0.717) is 10.1 Å². The van der Waals surface area contributed by atoms with E-state index in [1.54, 1.807) is 0 Å². The summed E-state index contributed by atoms with van der Waals surface area (Å²) in [7, 11) is -4.38. The molecule has 0 unspecified atom stereocenters. The van der Waals surface area contributed by atoms with Crippen LogP contribution in [0.15, 0.2) is 37.6 Å². The normalized spacial score (nSPS) is 15.2. The lowest BCUT2D eigenvalue weighted by molar-refractivity contribution is -0.385. The number of nitro benzene ring substituents is 1. The average molecular weight is 441 g/mol. The lowest BCUT2D eigenvalue weighted by Crippen LogP contribution is -2.31. The first-order valence-corrected chi connectivity index (χ1v) is 11.3. The summed E-state index contributed by atoms with van der Waals surface area (Å²) in [6.45, 7) is 1.28. The SMILES string of the molecule is Cc1[nH]c(=O)[nH]c(=O)c1S(=O)(=O)Nc1cc(SC2CCCCC2)cc([N+](=O)[O-])c1. The van der Waals surface area contributed by atoms with Gasteiger partial charge in [0.1, 0.15) is 0 Å². The van der Waals surface area contributed by atoms with Crippen molar-refractivity contribution in [2.75, 3.05) is 4.72 Å². The van der Waals surface area contributed by atoms with Gasteiger partial charge in [0, 0.05) is 28.0 Å². The average Bonchev–Trinajstić information content (AvgIpc) is 2.60. The number of aryl methyl sites for hydroxylation is 1. The Morgan fingerprint density at radius 1 is 1.14 bits per heavy atom. The zero-order chi connectivity index (χ0) is 21.2. The molecule has 12 heteroatoms. The van der Waals surface area contributed by atoms with Crippen molar-refractivity contribution in [2.45, 2.75) is 54.1 Å². The molecule has 3 rings (SSSR count). The molecule has 0 radical (unpaired) electrons. The van der Waals surface area contributed by atoms with Crippen molar-refractivity contribution < 1.29 is 13.3 Å². The molecule has 1 aromatic heterocycles. The van der Waals surface area contributed by atoms with Gasteiger partial charge in [0.15, 0.2) is 4.90 Å². The van der Waals surface area contributed by atoms with Gasteiger partial charge in [-0.05, 0) is 25.8 Å². The van der Waals surface area contributed by atoms with Gasteiger partial charge in [-0.2, -0.15) is 0 Å². The number of hydrogen-bond acceptors (Lipinski definition) is 7. The Kier molecular flexibility index (Phi) is 6.13. The van der Waals surface area contributed by atoms with Crippen molar-refractivity contribution in [1.29, 1.82) is 0 Å². The number of thioether (sulfide) groups is 1. The van der Waals surface area contributed by atoms with E-state index in [-0.39, 0.29) is 17.1 Å². The van der Waals surface area contributed by atoms with E-state index in [4.69, 9.17) is 0 Å². The highest BCUT2D eigenvalue weighted by Crippen LogP contribution is 2.36. The number of nitro groups is 1. The maximum Gasteiger partial charge on any atom is 0.325 e. The lowest BCUT2D eigenvalue weighted by atomic mass is 10.0. The minimum absolute atomic E-state index is 0.0255. The number of non-ortho nitro benzene ring substituents is 1. The number of hydrogen-bond donors (Lipinski definition) is 3. The van der Waals surface area contributed by atoms with E-state index in [2.05, 4.69) is 9.71 Å². The number of aromatic nitrogens is 2. The molecule has 0 aliphatic heterocycles. The Hall–Kier alpha value is -2.60. The van der Waals surface area contributed by atoms with Crippen LogP contribution in [0, 0.1) is 17.0 Å². The molecule has 1 fully saturated rings. The molecule has 156 valence electrons. The molecule has 29 heavy (non-hydrogen) atoms. The molecule has 1 saturated carbocycles. The van der Waals surface area contributed by atoms with Crippen LogP contribution < -0.4 is 16.0 Å². The summed E-state index contributed by atoms with van der Waals surface area (Å²) >= 11 is 1.49. The van der Waals surface area contributed by atoms with Gasteiger partial charge in [-0.25, -0.2) is 13.2 Å². The minimum Gasteiger partial charge on any atom is -0.310 e. The van der Waals surface area contributed by atoms with Gasteiger partial charge in [0.25, 0.3) is 21.3 Å². The number of nitrogens with zero attached hydrogens (tertiary/aromatic N) is 1. The largest absolute Gasteiger partial charge is 0.325 e. The topological polar surface area (TPSA) is 155 Å². The van der Waals surface area contributed by atoms with E-state index in [1.807, 2.05) is 4.98 Å². The second-order valence-electron chi connectivity index (χ2n) is 6.82. The molecular formula is C17H20N4O6S2. The quantitative estimate of drug-likeness (QED) is 0.460. The first kappa shape index (κ1) is 21.1. The Labute approximate surface area is 170 Å². The Bertz CT molecular complexity index is 1150. The molecular weight excluding hydrogens is 420 g/mol. The molecule has 0 saturated heterocycles. The van der Waals surface area contributed by atoms with Crippen molar-refractivity contribution in [2.24, 2.45) is 0 Å². The molecule has 0 amide bonds. The molecule has 1 aliphatic carbocycles. The molecule has 0 bridgehead atoms. The fraction of sp³-hybridized carbons (Fsp3) is 0.412. The van der Waals surface area contributed by atoms with E-state index in [9.17, 15) is 28.1 Å². The highest BCUT2D eigenvalue weighted by molar-refractivity contribution is 8.00. The van der Waals surface area contributed by atoms with E-state index < -0.39 is 31.1 Å². The Morgan fingerprint density at radius 3 is 2.45 bits per heavy atom. The van der Waals surface area contributed by atoms with E-state index in [1.165, 1.54) is 37.2 Å². The molecule has 1 heterocycles. The number of H-pyrrole nitrogens is 2. The lowest BCUT2D eigenvalue weighted by Gasteiger charge is -2.21. The highest BCUT2D eigenvalue weighted by Gasteiger charge is 2.24. The van der Waals surface area contributed by atoms with Crippen LogP contribution in [-0.4, -0.2) is 28.6 Å². The second-order valence-corrected chi connectivity index (χ2v) is 9.81. The zero-order valence-electron chi connectivity index (χ0n) is 15.6. The summed E-state index contributed by atoms with van der Waals surface area (Å²) in [5.74, 6) is 0. The first-order chi connectivity index (χ1) is 13.7. The van der Waals surface area contributed by atoms with Crippen LogP contribution in [0.25, 0.3) is 0 Å². The number of sulfonamides is 1. The summed E-state index contributed by atoms with van der Waals surface area (Å²) in [5, 5.41) is 11.6. The number of nitrogens with one attached hydrogen (secondary N) is 3. The van der Waals surface area contributed by atoms with Crippen molar-refractivity contribution in [3.05, 3.63) is 54.8 Å². The molecule has 1 aliphatic rings. The maximum absolute atomic E-state index is 12.7. The van der Waals surface area contributed by atoms with Gasteiger partial charge in [-0.15, -0.1) is 11.8 Å². The number of aromatic amines is 2. The smallest absolute Gasteiger partial charge is 0.310 e. The van der Waals surface area contributed by atoms with Crippen LogP contribution in [0.1, 0.15) is 37.8 Å². The predicted octanol–water partition coefficient (Wildman–Crippen LogP) is 2.51. The van der Waals surface area contributed by atoms with E-state index >= 15 is 0 Å². The molecule has 1 aromatic carbocycles. The summed E-state index contributed by atoms with van der Waals surface area (Å²) in [6.07, 6.45) is 5.37. The fourth-order valence-corrected chi connectivity index (χ4v) is 5.93. The van der Waals surface area contributed by atoms with Crippen LogP contribution in [0.3, 0.4) is 0 Å². The zero-order valence-corrected chi connectivity index (χ0v) is 17.2. The fourth-order valence-electron chi connectivity index (χ4n) is 3.31. The van der Waals surface area contributed by atoms with Crippen LogP contribution in [0.2, 0.25) is 0 Å². The van der Waals surface area contributed by atoms with Crippen molar-refractivity contribution in [3.63, 3.8) is 0 Å². The molecule has 0 spiro atoms. The van der Waals surface area contributed by atoms with Gasteiger partial charge >= 0.3 is 5.69 Å². The standard InChI is InChI=1S/C17H20N4O6S2/c1-10-15(16(22)19-17(23)18-10)29(26,27)20-11-7-12(21(24)25)9-14(8-11)28-13-5-3-2-4-6-13/h7-9,13,20H,2-6H2,1H3,(H2,18,19,22,23). The van der Waals surface area contributed by atoms with Crippen molar-refractivity contribution in [1.82, 2.24) is 9.97 Å². The highest BCUT2D eigenvalue weighted by atomic mass is 32.2. The van der Waals surface area contributed by atoms with Crippen LogP contribution in [-0.2, 0) is 10.0 Å². The summed E-state index contributed by atoms with van der Waals surface area (Å²) < 4.78 is 27.6. The summed E-state index contributed by atoms with van der Waals surface area (Å²) in [6, 6.07) is 4.02. The van der Waals surface area contributed by atoms with Crippen molar-refractivity contribution >= 4 is 33.2 Å². The molecule has 0 atom stereocenters. The van der Waals surface area contributed by atoms with Gasteiger partial charge in [0.05, 0.1) is 10.6 Å². The third-order valence-electron chi connectivity index (χ3n) is 4.55. The van der Waals surface area contributed by atoms with Gasteiger partial charge < -0.3 is 4.98 Å². The Morgan fingerprint density at radius 2 is 1.83 bits per heavy atom. The first-order valence-electron chi connectivity index (χ1n) is 8.98. The van der Waals surface area contributed by atoms with Gasteiger partial charge in [-0.3, -0.25) is 24.6 Å². The molecule has 10 nitrogen and oxygen atoms in total. The monoisotopic (exact) mass is 440 g/mol. The molecule has 3 N–H and O–H groups in total. The summed E-state index contributed by atoms with van der Waals surface area (Å²) in [4.78, 5) is 38.0.